The second kappa shape index (κ2) is 5.36. The van der Waals surface area contributed by atoms with E-state index < -0.39 is 0 Å². The average Bonchev–Trinajstić information content (AvgIpc) is 2.93. The van der Waals surface area contributed by atoms with Crippen LogP contribution < -0.4 is 0 Å². The van der Waals surface area contributed by atoms with Crippen LogP contribution in [0, 0.1) is 6.92 Å². The molecule has 3 rings (SSSR count). The first-order chi connectivity index (χ1) is 10.2. The highest BCUT2D eigenvalue weighted by Crippen LogP contribution is 2.22. The zero-order chi connectivity index (χ0) is 14.8. The van der Waals surface area contributed by atoms with E-state index in [9.17, 15) is 4.79 Å². The maximum atomic E-state index is 11.8. The minimum absolute atomic E-state index is 0.329. The number of carbonyl (C=O) groups is 1. The van der Waals surface area contributed by atoms with Crippen LogP contribution in [0.15, 0.2) is 36.5 Å². The average molecular weight is 281 g/mol. The highest BCUT2D eigenvalue weighted by Gasteiger charge is 2.11. The Labute approximate surface area is 122 Å². The van der Waals surface area contributed by atoms with Gasteiger partial charge in [0.05, 0.1) is 17.7 Å². The molecule has 3 aromatic rings. The zero-order valence-electron chi connectivity index (χ0n) is 11.9. The summed E-state index contributed by atoms with van der Waals surface area (Å²) in [6.45, 7) is 4.15. The molecule has 106 valence electrons. The first kappa shape index (κ1) is 13.3. The summed E-state index contributed by atoms with van der Waals surface area (Å²) in [6, 6.07) is 9.14. The monoisotopic (exact) mass is 281 g/mol. The molecule has 5 heteroatoms. The summed E-state index contributed by atoms with van der Waals surface area (Å²) < 4.78 is 5.01. The Bertz CT molecular complexity index is 808. The summed E-state index contributed by atoms with van der Waals surface area (Å²) in [5, 5.41) is 0. The number of nitrogens with one attached hydrogen (secondary N) is 1. The summed E-state index contributed by atoms with van der Waals surface area (Å²) in [7, 11) is 0. The van der Waals surface area contributed by atoms with E-state index in [2.05, 4.69) is 15.0 Å². The SMILES string of the molecule is CCOC(=O)c1cccc(-c2nc3nccc(C)c3[nH]2)c1. The molecule has 2 aromatic heterocycles. The number of aromatic amines is 1. The van der Waals surface area contributed by atoms with Gasteiger partial charge in [0, 0.05) is 11.8 Å². The van der Waals surface area contributed by atoms with Crippen molar-refractivity contribution in [3.63, 3.8) is 0 Å². The predicted molar refractivity (Wildman–Crippen MR) is 80.0 cm³/mol. The molecule has 21 heavy (non-hydrogen) atoms. The number of fused-ring (bicyclic) bond motifs is 1. The van der Waals surface area contributed by atoms with Gasteiger partial charge in [-0.1, -0.05) is 12.1 Å². The van der Waals surface area contributed by atoms with Crippen molar-refractivity contribution in [3.05, 3.63) is 47.7 Å². The van der Waals surface area contributed by atoms with Gasteiger partial charge in [-0.2, -0.15) is 0 Å². The lowest BCUT2D eigenvalue weighted by Gasteiger charge is -2.03. The fourth-order valence-corrected chi connectivity index (χ4v) is 2.18. The Morgan fingerprint density at radius 1 is 1.33 bits per heavy atom. The quantitative estimate of drug-likeness (QED) is 0.749. The Morgan fingerprint density at radius 3 is 2.95 bits per heavy atom. The lowest BCUT2D eigenvalue weighted by Crippen LogP contribution is -2.04. The van der Waals surface area contributed by atoms with Crippen molar-refractivity contribution in [2.75, 3.05) is 6.61 Å². The Morgan fingerprint density at radius 2 is 2.19 bits per heavy atom. The molecular formula is C16H15N3O2. The number of aryl methyl sites for hydroxylation is 1. The van der Waals surface area contributed by atoms with E-state index in [1.54, 1.807) is 25.3 Å². The fraction of sp³-hybridized carbons (Fsp3) is 0.188. The third kappa shape index (κ3) is 2.50. The molecule has 0 fully saturated rings. The van der Waals surface area contributed by atoms with Crippen LogP contribution in [0.25, 0.3) is 22.6 Å². The third-order valence-electron chi connectivity index (χ3n) is 3.25. The van der Waals surface area contributed by atoms with Gasteiger partial charge in [-0.3, -0.25) is 0 Å². The van der Waals surface area contributed by atoms with Gasteiger partial charge in [-0.15, -0.1) is 0 Å². The van der Waals surface area contributed by atoms with Crippen molar-refractivity contribution in [1.29, 1.82) is 0 Å². The molecule has 1 N–H and O–H groups in total. The zero-order valence-corrected chi connectivity index (χ0v) is 11.9. The van der Waals surface area contributed by atoms with Crippen molar-refractivity contribution >= 4 is 17.1 Å². The molecule has 2 heterocycles. The van der Waals surface area contributed by atoms with Gasteiger partial charge in [-0.05, 0) is 37.6 Å². The number of H-pyrrole nitrogens is 1. The van der Waals surface area contributed by atoms with Gasteiger partial charge in [0.2, 0.25) is 0 Å². The minimum atomic E-state index is -0.329. The van der Waals surface area contributed by atoms with Gasteiger partial charge in [0.1, 0.15) is 5.82 Å². The predicted octanol–water partition coefficient (Wildman–Crippen LogP) is 3.11. The van der Waals surface area contributed by atoms with Crippen molar-refractivity contribution in [3.8, 4) is 11.4 Å². The molecule has 0 spiro atoms. The van der Waals surface area contributed by atoms with Crippen LogP contribution in [0.4, 0.5) is 0 Å². The van der Waals surface area contributed by atoms with E-state index in [-0.39, 0.29) is 5.97 Å². The summed E-state index contributed by atoms with van der Waals surface area (Å²) in [6.07, 6.45) is 1.73. The second-order valence-corrected chi connectivity index (χ2v) is 4.71. The number of benzene rings is 1. The van der Waals surface area contributed by atoms with E-state index in [0.29, 0.717) is 23.6 Å². The molecule has 0 radical (unpaired) electrons. The molecule has 5 nitrogen and oxygen atoms in total. The Balaban J connectivity index is 2.04. The number of carbonyl (C=O) groups excluding carboxylic acids is 1. The van der Waals surface area contributed by atoms with E-state index in [4.69, 9.17) is 4.74 Å². The number of nitrogens with zero attached hydrogens (tertiary/aromatic N) is 2. The number of rotatable bonds is 3. The lowest BCUT2D eigenvalue weighted by molar-refractivity contribution is 0.0526. The number of pyridine rings is 1. The molecule has 0 aliphatic heterocycles. The maximum absolute atomic E-state index is 11.8. The normalized spacial score (nSPS) is 10.8. The molecule has 0 saturated carbocycles. The van der Waals surface area contributed by atoms with Crippen LogP contribution in [0.3, 0.4) is 0 Å². The van der Waals surface area contributed by atoms with Crippen LogP contribution in [0.2, 0.25) is 0 Å². The molecule has 0 amide bonds. The highest BCUT2D eigenvalue weighted by molar-refractivity contribution is 5.91. The molecule has 1 aromatic carbocycles. The van der Waals surface area contributed by atoms with Crippen molar-refractivity contribution in [1.82, 2.24) is 15.0 Å². The van der Waals surface area contributed by atoms with Crippen LogP contribution in [0.1, 0.15) is 22.8 Å². The Kier molecular flexibility index (Phi) is 3.39. The molecular weight excluding hydrogens is 266 g/mol. The van der Waals surface area contributed by atoms with Gasteiger partial charge >= 0.3 is 5.97 Å². The van der Waals surface area contributed by atoms with Crippen molar-refractivity contribution in [2.24, 2.45) is 0 Å². The van der Waals surface area contributed by atoms with Gasteiger partial charge < -0.3 is 9.72 Å². The number of aromatic nitrogens is 3. The Hall–Kier alpha value is -2.69. The lowest BCUT2D eigenvalue weighted by atomic mass is 10.1. The number of hydrogen-bond acceptors (Lipinski definition) is 4. The maximum Gasteiger partial charge on any atom is 0.338 e. The number of esters is 1. The fourth-order valence-electron chi connectivity index (χ4n) is 2.18. The summed E-state index contributed by atoms with van der Waals surface area (Å²) in [5.74, 6) is 0.364. The summed E-state index contributed by atoms with van der Waals surface area (Å²) >= 11 is 0. The first-order valence-electron chi connectivity index (χ1n) is 6.78. The van der Waals surface area contributed by atoms with Gasteiger partial charge in [0.15, 0.2) is 5.65 Å². The number of imidazole rings is 1. The smallest absolute Gasteiger partial charge is 0.338 e. The molecule has 0 saturated heterocycles. The van der Waals surface area contributed by atoms with E-state index in [1.807, 2.05) is 25.1 Å². The van der Waals surface area contributed by atoms with E-state index in [1.165, 1.54) is 0 Å². The summed E-state index contributed by atoms with van der Waals surface area (Å²) in [4.78, 5) is 23.8. The minimum Gasteiger partial charge on any atom is -0.462 e. The second-order valence-electron chi connectivity index (χ2n) is 4.71. The highest BCUT2D eigenvalue weighted by atomic mass is 16.5. The van der Waals surface area contributed by atoms with Gasteiger partial charge in [-0.25, -0.2) is 14.8 Å². The summed E-state index contributed by atoms with van der Waals surface area (Å²) in [5.41, 5.74) is 4.01. The molecule has 0 atom stereocenters. The van der Waals surface area contributed by atoms with Crippen LogP contribution >= 0.6 is 0 Å². The van der Waals surface area contributed by atoms with Crippen molar-refractivity contribution < 1.29 is 9.53 Å². The van der Waals surface area contributed by atoms with Crippen molar-refractivity contribution in [2.45, 2.75) is 13.8 Å². The molecule has 0 aliphatic rings. The van der Waals surface area contributed by atoms with Crippen LogP contribution in [0.5, 0.6) is 0 Å². The van der Waals surface area contributed by atoms with E-state index >= 15 is 0 Å². The van der Waals surface area contributed by atoms with Crippen LogP contribution in [-0.4, -0.2) is 27.5 Å². The number of hydrogen-bond donors (Lipinski definition) is 1. The number of ether oxygens (including phenoxy) is 1. The first-order valence-corrected chi connectivity index (χ1v) is 6.78. The van der Waals surface area contributed by atoms with Gasteiger partial charge in [0.25, 0.3) is 0 Å². The molecule has 0 bridgehead atoms. The standard InChI is InChI=1S/C16H15N3O2/c1-3-21-16(20)12-6-4-5-11(9-12)14-18-13-10(2)7-8-17-15(13)19-14/h4-9H,3H2,1-2H3,(H,17,18,19). The molecule has 0 aliphatic carbocycles. The molecule has 0 unspecified atom stereocenters. The van der Waals surface area contributed by atoms with E-state index in [0.717, 1.165) is 16.6 Å². The topological polar surface area (TPSA) is 67.9 Å². The van der Waals surface area contributed by atoms with Crippen LogP contribution in [-0.2, 0) is 4.74 Å². The largest absolute Gasteiger partial charge is 0.462 e. The third-order valence-corrected chi connectivity index (χ3v) is 3.25.